The highest BCUT2D eigenvalue weighted by Crippen LogP contribution is 2.27. The molecule has 0 aliphatic carbocycles. The molecule has 0 aromatic heterocycles. The third-order valence-electron chi connectivity index (χ3n) is 2.66. The quantitative estimate of drug-likeness (QED) is 0.810. The van der Waals surface area contributed by atoms with Crippen LogP contribution < -0.4 is 11.1 Å². The van der Waals surface area contributed by atoms with Gasteiger partial charge in [-0.1, -0.05) is 24.3 Å². The second kappa shape index (κ2) is 5.75. The first-order valence-electron chi connectivity index (χ1n) is 5.67. The van der Waals surface area contributed by atoms with Crippen LogP contribution in [0.4, 0.5) is 5.69 Å². The molecule has 0 fully saturated rings. The Bertz CT molecular complexity index is 602. The predicted octanol–water partition coefficient (Wildman–Crippen LogP) is 2.79. The van der Waals surface area contributed by atoms with Crippen molar-refractivity contribution in [2.45, 2.75) is 6.04 Å². The van der Waals surface area contributed by atoms with Crippen LogP contribution in [0, 0.1) is 0 Å². The van der Waals surface area contributed by atoms with E-state index in [9.17, 15) is 9.90 Å². The summed E-state index contributed by atoms with van der Waals surface area (Å²) in [6, 6.07) is 13.2. The molecule has 0 aliphatic heterocycles. The Morgan fingerprint density at radius 3 is 2.58 bits per heavy atom. The largest absolute Gasteiger partial charge is 0.508 e. The Balaban J connectivity index is 2.32. The SMILES string of the molecule is NC(=O)C(Nc1ccccc1Br)c1cccc(O)c1. The summed E-state index contributed by atoms with van der Waals surface area (Å²) in [5.41, 5.74) is 6.79. The van der Waals surface area contributed by atoms with E-state index in [4.69, 9.17) is 5.73 Å². The lowest BCUT2D eigenvalue weighted by atomic mass is 10.1. The van der Waals surface area contributed by atoms with Crippen LogP contribution in [0.1, 0.15) is 11.6 Å². The molecule has 2 aromatic carbocycles. The van der Waals surface area contributed by atoms with E-state index in [1.807, 2.05) is 24.3 Å². The van der Waals surface area contributed by atoms with Crippen molar-refractivity contribution in [1.82, 2.24) is 0 Å². The van der Waals surface area contributed by atoms with Gasteiger partial charge in [0.1, 0.15) is 11.8 Å². The molecule has 1 atom stereocenters. The molecule has 0 spiro atoms. The molecule has 4 N–H and O–H groups in total. The molecule has 19 heavy (non-hydrogen) atoms. The maximum absolute atomic E-state index is 11.6. The maximum atomic E-state index is 11.6. The number of phenols is 1. The van der Waals surface area contributed by atoms with E-state index < -0.39 is 11.9 Å². The summed E-state index contributed by atoms with van der Waals surface area (Å²) in [6.07, 6.45) is 0. The monoisotopic (exact) mass is 320 g/mol. The number of phenolic OH excluding ortho intramolecular Hbond substituents is 1. The second-order valence-corrected chi connectivity index (χ2v) is 4.91. The molecule has 1 unspecified atom stereocenters. The van der Waals surface area contributed by atoms with Crippen LogP contribution in [0.2, 0.25) is 0 Å². The standard InChI is InChI=1S/C14H13BrN2O2/c15-11-6-1-2-7-12(11)17-13(14(16)19)9-4-3-5-10(18)8-9/h1-8,13,17-18H,(H2,16,19). The number of para-hydroxylation sites is 1. The maximum Gasteiger partial charge on any atom is 0.244 e. The summed E-state index contributed by atoms with van der Waals surface area (Å²) < 4.78 is 0.835. The summed E-state index contributed by atoms with van der Waals surface area (Å²) in [7, 11) is 0. The van der Waals surface area contributed by atoms with E-state index in [1.165, 1.54) is 6.07 Å². The van der Waals surface area contributed by atoms with Crippen LogP contribution in [0.15, 0.2) is 53.0 Å². The van der Waals surface area contributed by atoms with Gasteiger partial charge in [-0.15, -0.1) is 0 Å². The molecule has 2 rings (SSSR count). The van der Waals surface area contributed by atoms with Crippen molar-refractivity contribution >= 4 is 27.5 Å². The zero-order chi connectivity index (χ0) is 13.8. The van der Waals surface area contributed by atoms with E-state index >= 15 is 0 Å². The summed E-state index contributed by atoms with van der Waals surface area (Å²) in [5.74, 6) is -0.418. The first kappa shape index (κ1) is 13.4. The van der Waals surface area contributed by atoms with Crippen molar-refractivity contribution in [2.24, 2.45) is 5.73 Å². The predicted molar refractivity (Wildman–Crippen MR) is 77.8 cm³/mol. The Labute approximate surface area is 119 Å². The van der Waals surface area contributed by atoms with E-state index in [1.54, 1.807) is 18.2 Å². The summed E-state index contributed by atoms with van der Waals surface area (Å²) in [4.78, 5) is 11.6. The van der Waals surface area contributed by atoms with Gasteiger partial charge in [0.25, 0.3) is 0 Å². The highest BCUT2D eigenvalue weighted by Gasteiger charge is 2.18. The average molecular weight is 321 g/mol. The van der Waals surface area contributed by atoms with Crippen molar-refractivity contribution in [3.8, 4) is 5.75 Å². The van der Waals surface area contributed by atoms with Crippen molar-refractivity contribution in [1.29, 1.82) is 0 Å². The average Bonchev–Trinajstić information content (AvgIpc) is 2.37. The first-order valence-corrected chi connectivity index (χ1v) is 6.46. The van der Waals surface area contributed by atoms with Crippen LogP contribution in [-0.2, 0) is 4.79 Å². The summed E-state index contributed by atoms with van der Waals surface area (Å²) >= 11 is 3.40. The number of hydrogen-bond acceptors (Lipinski definition) is 3. The fourth-order valence-electron chi connectivity index (χ4n) is 1.76. The van der Waals surface area contributed by atoms with Gasteiger partial charge in [0, 0.05) is 10.2 Å². The van der Waals surface area contributed by atoms with Crippen molar-refractivity contribution in [2.75, 3.05) is 5.32 Å². The van der Waals surface area contributed by atoms with Crippen LogP contribution in [0.25, 0.3) is 0 Å². The number of nitrogens with one attached hydrogen (secondary N) is 1. The number of carbonyl (C=O) groups is 1. The number of rotatable bonds is 4. The first-order chi connectivity index (χ1) is 9.08. The van der Waals surface area contributed by atoms with E-state index in [-0.39, 0.29) is 5.75 Å². The van der Waals surface area contributed by atoms with Gasteiger partial charge in [0.05, 0.1) is 0 Å². The molecule has 0 bridgehead atoms. The number of anilines is 1. The third kappa shape index (κ3) is 3.26. The minimum Gasteiger partial charge on any atom is -0.508 e. The lowest BCUT2D eigenvalue weighted by Gasteiger charge is -2.18. The van der Waals surface area contributed by atoms with Gasteiger partial charge in [-0.3, -0.25) is 4.79 Å². The number of carbonyl (C=O) groups excluding carboxylic acids is 1. The minimum absolute atomic E-state index is 0.0951. The van der Waals surface area contributed by atoms with Crippen molar-refractivity contribution < 1.29 is 9.90 Å². The fourth-order valence-corrected chi connectivity index (χ4v) is 2.16. The molecule has 5 heteroatoms. The zero-order valence-electron chi connectivity index (χ0n) is 10.0. The molecule has 0 aliphatic rings. The molecule has 0 radical (unpaired) electrons. The topological polar surface area (TPSA) is 75.4 Å². The smallest absolute Gasteiger partial charge is 0.244 e. The second-order valence-electron chi connectivity index (χ2n) is 4.05. The van der Waals surface area contributed by atoms with Gasteiger partial charge in [0.2, 0.25) is 5.91 Å². The van der Waals surface area contributed by atoms with E-state index in [0.29, 0.717) is 5.56 Å². The fraction of sp³-hybridized carbons (Fsp3) is 0.0714. The number of nitrogens with two attached hydrogens (primary N) is 1. The number of halogens is 1. The molecule has 98 valence electrons. The van der Waals surface area contributed by atoms with Crippen LogP contribution >= 0.6 is 15.9 Å². The Morgan fingerprint density at radius 1 is 1.21 bits per heavy atom. The number of amides is 1. The molecular weight excluding hydrogens is 308 g/mol. The molecule has 0 heterocycles. The minimum atomic E-state index is -0.703. The van der Waals surface area contributed by atoms with Gasteiger partial charge in [-0.2, -0.15) is 0 Å². The number of aromatic hydroxyl groups is 1. The third-order valence-corrected chi connectivity index (χ3v) is 3.35. The van der Waals surface area contributed by atoms with Crippen LogP contribution in [0.3, 0.4) is 0 Å². The molecule has 1 amide bonds. The van der Waals surface area contributed by atoms with Crippen LogP contribution in [-0.4, -0.2) is 11.0 Å². The Morgan fingerprint density at radius 2 is 1.95 bits per heavy atom. The lowest BCUT2D eigenvalue weighted by molar-refractivity contribution is -0.118. The van der Waals surface area contributed by atoms with Crippen molar-refractivity contribution in [3.63, 3.8) is 0 Å². The highest BCUT2D eigenvalue weighted by atomic mass is 79.9. The van der Waals surface area contributed by atoms with Crippen molar-refractivity contribution in [3.05, 3.63) is 58.6 Å². The lowest BCUT2D eigenvalue weighted by Crippen LogP contribution is -2.27. The summed E-state index contributed by atoms with van der Waals surface area (Å²) in [6.45, 7) is 0. The normalized spacial score (nSPS) is 11.8. The molecule has 2 aromatic rings. The highest BCUT2D eigenvalue weighted by molar-refractivity contribution is 9.10. The molecular formula is C14H13BrN2O2. The van der Waals surface area contributed by atoms with Gasteiger partial charge in [-0.05, 0) is 45.8 Å². The summed E-state index contributed by atoms with van der Waals surface area (Å²) in [5, 5.41) is 12.5. The molecule has 4 nitrogen and oxygen atoms in total. The number of primary amides is 1. The zero-order valence-corrected chi connectivity index (χ0v) is 11.6. The van der Waals surface area contributed by atoms with Gasteiger partial charge in [-0.25, -0.2) is 0 Å². The van der Waals surface area contributed by atoms with E-state index in [2.05, 4.69) is 21.2 Å². The number of hydrogen-bond donors (Lipinski definition) is 3. The number of benzene rings is 2. The van der Waals surface area contributed by atoms with Gasteiger partial charge >= 0.3 is 0 Å². The molecule has 0 saturated carbocycles. The Hall–Kier alpha value is -2.01. The van der Waals surface area contributed by atoms with Crippen LogP contribution in [0.5, 0.6) is 5.75 Å². The Kier molecular flexibility index (Phi) is 4.06. The van der Waals surface area contributed by atoms with Gasteiger partial charge < -0.3 is 16.2 Å². The van der Waals surface area contributed by atoms with Gasteiger partial charge in [0.15, 0.2) is 0 Å². The van der Waals surface area contributed by atoms with E-state index in [0.717, 1.165) is 10.2 Å². The molecule has 0 saturated heterocycles.